The fourth-order valence-electron chi connectivity index (χ4n) is 3.15. The summed E-state index contributed by atoms with van der Waals surface area (Å²) in [6.07, 6.45) is 0.840. The van der Waals surface area contributed by atoms with Gasteiger partial charge in [-0.25, -0.2) is 9.78 Å². The van der Waals surface area contributed by atoms with Gasteiger partial charge >= 0.3 is 5.97 Å². The summed E-state index contributed by atoms with van der Waals surface area (Å²) in [6, 6.07) is 11.6. The van der Waals surface area contributed by atoms with Crippen molar-refractivity contribution < 1.29 is 19.0 Å². The Kier molecular flexibility index (Phi) is 7.91. The number of benzene rings is 2. The van der Waals surface area contributed by atoms with Gasteiger partial charge in [-0.2, -0.15) is 5.26 Å². The van der Waals surface area contributed by atoms with Crippen molar-refractivity contribution >= 4 is 28.5 Å². The highest BCUT2D eigenvalue weighted by Gasteiger charge is 2.19. The fourth-order valence-corrected chi connectivity index (χ4v) is 3.41. The van der Waals surface area contributed by atoms with Crippen molar-refractivity contribution in [2.24, 2.45) is 5.92 Å². The molecule has 0 bridgehead atoms. The van der Waals surface area contributed by atoms with Crippen molar-refractivity contribution in [1.82, 2.24) is 9.55 Å². The van der Waals surface area contributed by atoms with Crippen LogP contribution in [0.15, 0.2) is 41.2 Å². The molecule has 0 atom stereocenters. The van der Waals surface area contributed by atoms with Crippen LogP contribution in [0.5, 0.6) is 11.5 Å². The van der Waals surface area contributed by atoms with E-state index < -0.39 is 5.97 Å². The van der Waals surface area contributed by atoms with Crippen LogP contribution in [0.1, 0.15) is 36.5 Å². The van der Waals surface area contributed by atoms with Gasteiger partial charge in [0.05, 0.1) is 41.3 Å². The van der Waals surface area contributed by atoms with Crippen molar-refractivity contribution in [2.75, 3.05) is 13.7 Å². The highest BCUT2D eigenvalue weighted by molar-refractivity contribution is 6.32. The first-order valence-corrected chi connectivity index (χ1v) is 10.8. The molecule has 1 aromatic heterocycles. The van der Waals surface area contributed by atoms with Crippen molar-refractivity contribution in [2.45, 2.75) is 33.4 Å². The number of hydrogen-bond acceptors (Lipinski definition) is 7. The van der Waals surface area contributed by atoms with E-state index in [0.29, 0.717) is 34.9 Å². The molecule has 0 aliphatic heterocycles. The minimum absolute atomic E-state index is 0.156. The minimum atomic E-state index is -0.685. The summed E-state index contributed by atoms with van der Waals surface area (Å²) in [7, 11) is 1.45. The van der Waals surface area contributed by atoms with Crippen LogP contribution in [0.25, 0.3) is 10.9 Å². The molecule has 3 rings (SSSR count). The van der Waals surface area contributed by atoms with Crippen LogP contribution in [0.4, 0.5) is 0 Å². The van der Waals surface area contributed by atoms with E-state index in [1.807, 2.05) is 6.07 Å². The van der Waals surface area contributed by atoms with E-state index in [0.717, 1.165) is 6.42 Å². The minimum Gasteiger partial charge on any atom is -0.493 e. The second-order valence-electron chi connectivity index (χ2n) is 7.69. The van der Waals surface area contributed by atoms with Gasteiger partial charge in [-0.05, 0) is 36.6 Å². The molecule has 0 spiro atoms. The van der Waals surface area contributed by atoms with E-state index in [4.69, 9.17) is 31.1 Å². The average Bonchev–Trinajstić information content (AvgIpc) is 2.80. The lowest BCUT2D eigenvalue weighted by atomic mass is 10.1. The Morgan fingerprint density at radius 2 is 2.03 bits per heavy atom. The number of nitrogens with zero attached hydrogens (tertiary/aromatic N) is 3. The molecule has 0 saturated carbocycles. The van der Waals surface area contributed by atoms with E-state index in [1.165, 1.54) is 23.8 Å². The van der Waals surface area contributed by atoms with Crippen LogP contribution < -0.4 is 15.0 Å². The summed E-state index contributed by atoms with van der Waals surface area (Å²) in [5.74, 6) is 0.611. The number of halogens is 1. The smallest absolute Gasteiger partial charge is 0.338 e. The molecule has 0 aliphatic carbocycles. The summed E-state index contributed by atoms with van der Waals surface area (Å²) < 4.78 is 17.7. The van der Waals surface area contributed by atoms with Crippen molar-refractivity contribution in [1.29, 1.82) is 5.26 Å². The zero-order valence-electron chi connectivity index (χ0n) is 18.6. The third-order valence-corrected chi connectivity index (χ3v) is 5.19. The number of hydrogen-bond donors (Lipinski definition) is 0. The first-order chi connectivity index (χ1) is 15.8. The summed E-state index contributed by atoms with van der Waals surface area (Å²) in [5.41, 5.74) is 0.235. The van der Waals surface area contributed by atoms with E-state index in [2.05, 4.69) is 18.8 Å². The summed E-state index contributed by atoms with van der Waals surface area (Å²) >= 11 is 6.34. The van der Waals surface area contributed by atoms with Crippen LogP contribution in [0, 0.1) is 17.2 Å². The molecule has 0 N–H and O–H groups in total. The Hall–Kier alpha value is -3.57. The molecule has 0 unspecified atom stereocenters. The Morgan fingerprint density at radius 3 is 2.73 bits per heavy atom. The third kappa shape index (κ3) is 5.62. The number of para-hydroxylation sites is 1. The molecule has 0 amide bonds. The zero-order valence-corrected chi connectivity index (χ0v) is 19.4. The van der Waals surface area contributed by atoms with E-state index in [1.54, 1.807) is 24.3 Å². The van der Waals surface area contributed by atoms with Gasteiger partial charge in [0.1, 0.15) is 13.2 Å². The van der Waals surface area contributed by atoms with Gasteiger partial charge in [-0.1, -0.05) is 37.6 Å². The maximum atomic E-state index is 12.7. The maximum absolute atomic E-state index is 12.7. The van der Waals surface area contributed by atoms with Gasteiger partial charge in [0, 0.05) is 0 Å². The molecular formula is C24H24ClN3O5. The number of fused-ring (bicyclic) bond motifs is 1. The quantitative estimate of drug-likeness (QED) is 0.429. The Bertz CT molecular complexity index is 1260. The molecule has 2 aromatic carbocycles. The van der Waals surface area contributed by atoms with Crippen molar-refractivity contribution in [3.8, 4) is 17.6 Å². The van der Waals surface area contributed by atoms with Crippen molar-refractivity contribution in [3.63, 3.8) is 0 Å². The van der Waals surface area contributed by atoms with Crippen molar-refractivity contribution in [3.05, 3.63) is 63.2 Å². The number of ether oxygens (including phenoxy) is 3. The normalized spacial score (nSPS) is 10.8. The Balaban J connectivity index is 1.83. The van der Waals surface area contributed by atoms with Gasteiger partial charge in [0.2, 0.25) is 0 Å². The molecule has 0 radical (unpaired) electrons. The van der Waals surface area contributed by atoms with Gasteiger partial charge < -0.3 is 14.2 Å². The van der Waals surface area contributed by atoms with Crippen LogP contribution in [-0.2, 0) is 17.9 Å². The van der Waals surface area contributed by atoms with Crippen LogP contribution >= 0.6 is 11.6 Å². The summed E-state index contributed by atoms with van der Waals surface area (Å²) in [6.45, 7) is 4.12. The molecule has 9 heteroatoms. The first kappa shape index (κ1) is 24.1. The van der Waals surface area contributed by atoms with Crippen LogP contribution in [-0.4, -0.2) is 29.2 Å². The number of methoxy groups -OCH3 is 1. The zero-order chi connectivity index (χ0) is 24.0. The maximum Gasteiger partial charge on any atom is 0.338 e. The summed E-state index contributed by atoms with van der Waals surface area (Å²) in [4.78, 5) is 29.8. The topological polar surface area (TPSA) is 103 Å². The average molecular weight is 470 g/mol. The SMILES string of the molecule is COc1cc(C(=O)OCc2nc3ccccc3c(=O)n2CC#N)cc(Cl)c1OCCC(C)C. The summed E-state index contributed by atoms with van der Waals surface area (Å²) in [5, 5.41) is 9.72. The molecular weight excluding hydrogens is 446 g/mol. The second-order valence-corrected chi connectivity index (χ2v) is 8.10. The van der Waals surface area contributed by atoms with Crippen LogP contribution in [0.2, 0.25) is 5.02 Å². The Labute approximate surface area is 196 Å². The highest BCUT2D eigenvalue weighted by atomic mass is 35.5. The van der Waals surface area contributed by atoms with E-state index in [9.17, 15) is 9.59 Å². The molecule has 172 valence electrons. The molecule has 0 saturated heterocycles. The highest BCUT2D eigenvalue weighted by Crippen LogP contribution is 2.37. The largest absolute Gasteiger partial charge is 0.493 e. The molecule has 0 aliphatic rings. The number of rotatable bonds is 9. The number of nitriles is 1. The van der Waals surface area contributed by atoms with Gasteiger partial charge in [0.25, 0.3) is 5.56 Å². The standard InChI is InChI=1S/C24H24ClN3O5/c1-15(2)8-11-32-22-18(25)12-16(13-20(22)31-3)24(30)33-14-21-27-19-7-5-4-6-17(19)23(29)28(21)10-9-26/h4-7,12-13,15H,8,10-11,14H2,1-3H3. The fraction of sp³-hybridized carbons (Fsp3) is 0.333. The lowest BCUT2D eigenvalue weighted by Crippen LogP contribution is -2.26. The predicted octanol–water partition coefficient (Wildman–Crippen LogP) is 4.36. The lowest BCUT2D eigenvalue weighted by Gasteiger charge is -2.15. The molecule has 0 fully saturated rings. The van der Waals surface area contributed by atoms with Gasteiger partial charge in [-0.3, -0.25) is 9.36 Å². The second kappa shape index (κ2) is 10.8. The number of carbonyl (C=O) groups excluding carboxylic acids is 1. The Morgan fingerprint density at radius 1 is 1.27 bits per heavy atom. The van der Waals surface area contributed by atoms with E-state index >= 15 is 0 Å². The van der Waals surface area contributed by atoms with E-state index in [-0.39, 0.29) is 35.1 Å². The predicted molar refractivity (Wildman–Crippen MR) is 124 cm³/mol. The monoisotopic (exact) mass is 469 g/mol. The first-order valence-electron chi connectivity index (χ1n) is 10.4. The molecule has 3 aromatic rings. The van der Waals surface area contributed by atoms with Gasteiger partial charge in [-0.15, -0.1) is 0 Å². The molecule has 8 nitrogen and oxygen atoms in total. The molecule has 1 heterocycles. The molecule has 33 heavy (non-hydrogen) atoms. The number of aromatic nitrogens is 2. The lowest BCUT2D eigenvalue weighted by molar-refractivity contribution is 0.0456. The number of esters is 1. The van der Waals surface area contributed by atoms with Gasteiger partial charge in [0.15, 0.2) is 17.3 Å². The third-order valence-electron chi connectivity index (χ3n) is 4.91. The number of carbonyl (C=O) groups is 1. The van der Waals surface area contributed by atoms with Crippen LogP contribution in [0.3, 0.4) is 0 Å².